The standard InChI is InChI=1S/C13H21NOS3/c1-9(5-7-18(3)15)14-12-8-10(2)17-13-11(12)4-6-16-13/h4,6,9-10,12,14H,5,7-8H2,1-3H3/t9?,10-,12?,18?/m0/s1. The summed E-state index contributed by atoms with van der Waals surface area (Å²) in [5.41, 5.74) is 1.47. The predicted octanol–water partition coefficient (Wildman–Crippen LogP) is 3.42. The van der Waals surface area contributed by atoms with Gasteiger partial charge in [-0.05, 0) is 36.8 Å². The average Bonchev–Trinajstić information content (AvgIpc) is 2.74. The van der Waals surface area contributed by atoms with E-state index >= 15 is 0 Å². The van der Waals surface area contributed by atoms with E-state index in [-0.39, 0.29) is 0 Å². The third kappa shape index (κ3) is 3.83. The maximum atomic E-state index is 11.1. The molecular weight excluding hydrogens is 282 g/mol. The van der Waals surface area contributed by atoms with Gasteiger partial charge in [-0.3, -0.25) is 4.21 Å². The first-order valence-electron chi connectivity index (χ1n) is 6.36. The number of fused-ring (bicyclic) bond motifs is 1. The Labute approximate surface area is 120 Å². The molecule has 102 valence electrons. The minimum atomic E-state index is -0.679. The first-order valence-corrected chi connectivity index (χ1v) is 9.85. The highest BCUT2D eigenvalue weighted by Gasteiger charge is 2.26. The molecule has 3 unspecified atom stereocenters. The summed E-state index contributed by atoms with van der Waals surface area (Å²) in [5.74, 6) is 0.793. The molecule has 1 aliphatic rings. The lowest BCUT2D eigenvalue weighted by molar-refractivity contribution is 0.420. The molecule has 1 N–H and O–H groups in total. The molecule has 1 aliphatic heterocycles. The molecule has 0 aromatic carbocycles. The van der Waals surface area contributed by atoms with E-state index in [1.54, 1.807) is 6.26 Å². The highest BCUT2D eigenvalue weighted by Crippen LogP contribution is 2.43. The van der Waals surface area contributed by atoms with E-state index in [2.05, 4.69) is 30.6 Å². The predicted molar refractivity (Wildman–Crippen MR) is 83.1 cm³/mol. The van der Waals surface area contributed by atoms with Crippen LogP contribution >= 0.6 is 23.1 Å². The third-order valence-electron chi connectivity index (χ3n) is 3.23. The van der Waals surface area contributed by atoms with Crippen LogP contribution in [0.4, 0.5) is 0 Å². The lowest BCUT2D eigenvalue weighted by Crippen LogP contribution is -2.34. The van der Waals surface area contributed by atoms with Gasteiger partial charge in [0.15, 0.2) is 0 Å². The fraction of sp³-hybridized carbons (Fsp3) is 0.692. The molecule has 2 nitrogen and oxygen atoms in total. The second kappa shape index (κ2) is 6.55. The van der Waals surface area contributed by atoms with E-state index in [1.165, 1.54) is 16.2 Å². The zero-order valence-electron chi connectivity index (χ0n) is 11.1. The molecule has 18 heavy (non-hydrogen) atoms. The van der Waals surface area contributed by atoms with Crippen molar-refractivity contribution in [3.05, 3.63) is 17.0 Å². The molecule has 2 rings (SSSR count). The lowest BCUT2D eigenvalue weighted by Gasteiger charge is -2.30. The van der Waals surface area contributed by atoms with Crippen molar-refractivity contribution in [3.63, 3.8) is 0 Å². The maximum absolute atomic E-state index is 11.1. The Morgan fingerprint density at radius 2 is 2.39 bits per heavy atom. The van der Waals surface area contributed by atoms with Crippen molar-refractivity contribution < 1.29 is 4.21 Å². The molecule has 0 spiro atoms. The van der Waals surface area contributed by atoms with Crippen LogP contribution in [-0.2, 0) is 10.8 Å². The van der Waals surface area contributed by atoms with Crippen molar-refractivity contribution in [1.82, 2.24) is 5.32 Å². The molecule has 0 saturated carbocycles. The zero-order valence-corrected chi connectivity index (χ0v) is 13.6. The van der Waals surface area contributed by atoms with Gasteiger partial charge in [-0.1, -0.05) is 6.92 Å². The topological polar surface area (TPSA) is 29.1 Å². The smallest absolute Gasteiger partial charge is 0.0649 e. The molecule has 4 atom stereocenters. The number of rotatable bonds is 5. The van der Waals surface area contributed by atoms with Crippen LogP contribution in [0.1, 0.15) is 38.3 Å². The van der Waals surface area contributed by atoms with Crippen LogP contribution in [0, 0.1) is 0 Å². The van der Waals surface area contributed by atoms with Gasteiger partial charge in [-0.2, -0.15) is 0 Å². The molecule has 0 saturated heterocycles. The molecule has 1 aromatic rings. The average molecular weight is 304 g/mol. The Hall–Kier alpha value is 0.160. The highest BCUT2D eigenvalue weighted by molar-refractivity contribution is 8.01. The summed E-state index contributed by atoms with van der Waals surface area (Å²) >= 11 is 3.85. The van der Waals surface area contributed by atoms with Gasteiger partial charge in [0.05, 0.1) is 4.21 Å². The van der Waals surface area contributed by atoms with Gasteiger partial charge in [0.2, 0.25) is 0 Å². The van der Waals surface area contributed by atoms with E-state index in [0.29, 0.717) is 17.3 Å². The number of hydrogen-bond acceptors (Lipinski definition) is 4. The molecule has 0 bridgehead atoms. The van der Waals surface area contributed by atoms with Gasteiger partial charge in [0.25, 0.3) is 0 Å². The van der Waals surface area contributed by atoms with Crippen molar-refractivity contribution in [1.29, 1.82) is 0 Å². The van der Waals surface area contributed by atoms with E-state index in [0.717, 1.165) is 12.2 Å². The van der Waals surface area contributed by atoms with Crippen LogP contribution in [-0.4, -0.2) is 27.5 Å². The Balaban J connectivity index is 1.95. The number of nitrogens with one attached hydrogen (secondary N) is 1. The van der Waals surface area contributed by atoms with Gasteiger partial charge in [-0.25, -0.2) is 0 Å². The van der Waals surface area contributed by atoms with Gasteiger partial charge in [0, 0.05) is 40.1 Å². The van der Waals surface area contributed by atoms with Crippen molar-refractivity contribution in [2.75, 3.05) is 12.0 Å². The Kier molecular flexibility index (Phi) is 5.30. The summed E-state index contributed by atoms with van der Waals surface area (Å²) in [7, 11) is -0.679. The minimum Gasteiger partial charge on any atom is -0.307 e. The second-order valence-electron chi connectivity index (χ2n) is 5.01. The van der Waals surface area contributed by atoms with Gasteiger partial charge in [0.1, 0.15) is 0 Å². The fourth-order valence-electron chi connectivity index (χ4n) is 2.28. The van der Waals surface area contributed by atoms with Crippen LogP contribution in [0.3, 0.4) is 0 Å². The van der Waals surface area contributed by atoms with Gasteiger partial charge >= 0.3 is 0 Å². The highest BCUT2D eigenvalue weighted by atomic mass is 32.2. The summed E-state index contributed by atoms with van der Waals surface area (Å²) in [4.78, 5) is 0. The summed E-state index contributed by atoms with van der Waals surface area (Å²) < 4.78 is 12.6. The Morgan fingerprint density at radius 1 is 1.61 bits per heavy atom. The van der Waals surface area contributed by atoms with Crippen molar-refractivity contribution >= 4 is 33.9 Å². The molecule has 0 aliphatic carbocycles. The minimum absolute atomic E-state index is 0.432. The summed E-state index contributed by atoms with van der Waals surface area (Å²) in [6.07, 6.45) is 3.96. The van der Waals surface area contributed by atoms with Crippen molar-refractivity contribution in [2.45, 2.75) is 48.2 Å². The molecule has 0 fully saturated rings. The molecule has 0 amide bonds. The SMILES string of the molecule is CC(CCS(C)=O)NC1C[C@H](C)Sc2sccc21. The van der Waals surface area contributed by atoms with E-state index in [4.69, 9.17) is 0 Å². The Morgan fingerprint density at radius 3 is 3.11 bits per heavy atom. The molecule has 5 heteroatoms. The molecule has 1 aromatic heterocycles. The lowest BCUT2D eigenvalue weighted by atomic mass is 10.0. The quantitative estimate of drug-likeness (QED) is 0.903. The third-order valence-corrected chi connectivity index (χ3v) is 6.39. The van der Waals surface area contributed by atoms with Crippen LogP contribution in [0.25, 0.3) is 0 Å². The van der Waals surface area contributed by atoms with Crippen LogP contribution < -0.4 is 5.32 Å². The van der Waals surface area contributed by atoms with Crippen LogP contribution in [0.5, 0.6) is 0 Å². The molecule has 0 radical (unpaired) electrons. The first-order chi connectivity index (χ1) is 8.56. The second-order valence-corrected chi connectivity index (χ2v) is 9.19. The Bertz CT molecular complexity index is 418. The van der Waals surface area contributed by atoms with E-state index < -0.39 is 10.8 Å². The van der Waals surface area contributed by atoms with Crippen LogP contribution in [0.15, 0.2) is 15.7 Å². The van der Waals surface area contributed by atoms with Crippen molar-refractivity contribution in [3.8, 4) is 0 Å². The molecule has 2 heterocycles. The number of thioether (sulfide) groups is 1. The number of thiophene rings is 1. The first kappa shape index (κ1) is 14.6. The van der Waals surface area contributed by atoms with Gasteiger partial charge < -0.3 is 5.32 Å². The summed E-state index contributed by atoms with van der Waals surface area (Å²) in [6.45, 7) is 4.50. The summed E-state index contributed by atoms with van der Waals surface area (Å²) in [5, 5.41) is 6.58. The van der Waals surface area contributed by atoms with Crippen molar-refractivity contribution in [2.24, 2.45) is 0 Å². The summed E-state index contributed by atoms with van der Waals surface area (Å²) in [6, 6.07) is 3.16. The normalized spacial score (nSPS) is 26.6. The fourth-order valence-corrected chi connectivity index (χ4v) is 5.53. The maximum Gasteiger partial charge on any atom is 0.0649 e. The van der Waals surface area contributed by atoms with Gasteiger partial charge in [-0.15, -0.1) is 23.1 Å². The molecular formula is C13H21NOS3. The van der Waals surface area contributed by atoms with E-state index in [1.807, 2.05) is 23.1 Å². The van der Waals surface area contributed by atoms with Crippen LogP contribution in [0.2, 0.25) is 0 Å². The number of hydrogen-bond donors (Lipinski definition) is 1. The van der Waals surface area contributed by atoms with E-state index in [9.17, 15) is 4.21 Å². The zero-order chi connectivity index (χ0) is 13.1. The largest absolute Gasteiger partial charge is 0.307 e. The monoisotopic (exact) mass is 303 g/mol.